The molecule has 3 aromatic rings. The van der Waals surface area contributed by atoms with Crippen LogP contribution in [0.25, 0.3) is 5.69 Å². The third-order valence-corrected chi connectivity index (χ3v) is 7.40. The maximum absolute atomic E-state index is 13.0. The molecule has 0 saturated carbocycles. The van der Waals surface area contributed by atoms with E-state index in [0.29, 0.717) is 22.8 Å². The lowest BCUT2D eigenvalue weighted by Gasteiger charge is -2.20. The molecule has 1 aromatic heterocycles. The minimum absolute atomic E-state index is 0.0375. The van der Waals surface area contributed by atoms with Crippen LogP contribution >= 0.6 is 0 Å². The Bertz CT molecular complexity index is 1400. The summed E-state index contributed by atoms with van der Waals surface area (Å²) in [6, 6.07) is 13.8. The predicted molar refractivity (Wildman–Crippen MR) is 132 cm³/mol. The van der Waals surface area contributed by atoms with Gasteiger partial charge in [-0.2, -0.15) is 4.72 Å². The Morgan fingerprint density at radius 3 is 2.42 bits per heavy atom. The summed E-state index contributed by atoms with van der Waals surface area (Å²) in [5.74, 6) is -0.326. The third kappa shape index (κ3) is 5.14. The van der Waals surface area contributed by atoms with Gasteiger partial charge in [-0.25, -0.2) is 8.42 Å². The number of rotatable bonds is 9. The highest BCUT2D eigenvalue weighted by atomic mass is 32.2. The van der Waals surface area contributed by atoms with E-state index < -0.39 is 40.3 Å². The van der Waals surface area contributed by atoms with E-state index in [-0.39, 0.29) is 11.7 Å². The minimum atomic E-state index is -3.94. The van der Waals surface area contributed by atoms with Crippen LogP contribution in [0.5, 0.6) is 11.5 Å². The lowest BCUT2D eigenvalue weighted by Crippen LogP contribution is -2.45. The number of nitrogens with zero attached hydrogens (tertiary/aromatic N) is 1. The molecule has 0 spiro atoms. The molecule has 0 aliphatic carbocycles. The topological polar surface area (TPSA) is 113 Å². The number of ether oxygens (including phenoxy) is 3. The first-order valence-electron chi connectivity index (χ1n) is 11.4. The summed E-state index contributed by atoms with van der Waals surface area (Å²) in [5, 5.41) is 0. The molecule has 2 aromatic carbocycles. The highest BCUT2D eigenvalue weighted by molar-refractivity contribution is 7.89. The molecule has 0 radical (unpaired) electrons. The first kappa shape index (κ1) is 25.5. The summed E-state index contributed by atoms with van der Waals surface area (Å²) in [5.41, 5.74) is 2.71. The van der Waals surface area contributed by atoms with Gasteiger partial charge in [0, 0.05) is 28.7 Å². The van der Waals surface area contributed by atoms with E-state index in [4.69, 9.17) is 14.2 Å². The minimum Gasteiger partial charge on any atom is -0.456 e. The molecule has 0 bridgehead atoms. The average molecular weight is 513 g/mol. The first-order chi connectivity index (χ1) is 17.1. The van der Waals surface area contributed by atoms with Crippen LogP contribution in [0.4, 0.5) is 0 Å². The van der Waals surface area contributed by atoms with Gasteiger partial charge in [0.2, 0.25) is 22.6 Å². The Hall–Kier alpha value is -3.63. The number of carbonyl (C=O) groups is 2. The van der Waals surface area contributed by atoms with Crippen LogP contribution in [0.15, 0.2) is 59.5 Å². The number of carbonyl (C=O) groups excluding carboxylic acids is 2. The Morgan fingerprint density at radius 2 is 1.72 bits per heavy atom. The molecule has 2 heterocycles. The number of fused-ring (bicyclic) bond motifs is 1. The molecule has 1 aliphatic rings. The number of hydrogen-bond acceptors (Lipinski definition) is 7. The molecule has 1 aliphatic heterocycles. The maximum atomic E-state index is 13.0. The lowest BCUT2D eigenvalue weighted by atomic mass is 10.1. The van der Waals surface area contributed by atoms with Gasteiger partial charge in [-0.3, -0.25) is 9.59 Å². The summed E-state index contributed by atoms with van der Waals surface area (Å²) < 4.78 is 45.8. The highest BCUT2D eigenvalue weighted by Gasteiger charge is 2.30. The zero-order valence-corrected chi connectivity index (χ0v) is 21.3. The Morgan fingerprint density at radius 1 is 1.03 bits per heavy atom. The average Bonchev–Trinajstić information content (AvgIpc) is 3.44. The number of aryl methyl sites for hydroxylation is 1. The van der Waals surface area contributed by atoms with Gasteiger partial charge >= 0.3 is 5.97 Å². The van der Waals surface area contributed by atoms with E-state index in [1.807, 2.05) is 29.7 Å². The number of Topliss-reactive ketones (excluding diaryl/α,β-unsaturated/α-hetero) is 1. The zero-order valence-electron chi connectivity index (χ0n) is 20.5. The lowest BCUT2D eigenvalue weighted by molar-refractivity contribution is -0.145. The van der Waals surface area contributed by atoms with Crippen LogP contribution in [-0.2, 0) is 19.6 Å². The second kappa shape index (κ2) is 10.2. The second-order valence-corrected chi connectivity index (χ2v) is 10.6. The second-order valence-electron chi connectivity index (χ2n) is 8.84. The van der Waals surface area contributed by atoms with Gasteiger partial charge in [0.05, 0.1) is 4.90 Å². The molecule has 9 nitrogen and oxygen atoms in total. The fourth-order valence-electron chi connectivity index (χ4n) is 4.06. The van der Waals surface area contributed by atoms with Crippen molar-refractivity contribution in [1.29, 1.82) is 0 Å². The quantitative estimate of drug-likeness (QED) is 0.345. The molecule has 10 heteroatoms. The van der Waals surface area contributed by atoms with Crippen molar-refractivity contribution in [3.63, 3.8) is 0 Å². The van der Waals surface area contributed by atoms with Crippen molar-refractivity contribution in [2.24, 2.45) is 5.92 Å². The molecule has 0 unspecified atom stereocenters. The van der Waals surface area contributed by atoms with Gasteiger partial charge in [-0.1, -0.05) is 32.0 Å². The summed E-state index contributed by atoms with van der Waals surface area (Å²) in [6.45, 7) is 6.71. The number of benzene rings is 2. The van der Waals surface area contributed by atoms with Gasteiger partial charge in [-0.15, -0.1) is 0 Å². The fraction of sp³-hybridized carbons (Fsp3) is 0.308. The van der Waals surface area contributed by atoms with Crippen molar-refractivity contribution < 1.29 is 32.2 Å². The van der Waals surface area contributed by atoms with Crippen molar-refractivity contribution in [2.45, 2.75) is 38.6 Å². The normalized spacial score (nSPS) is 13.6. The van der Waals surface area contributed by atoms with E-state index in [9.17, 15) is 18.0 Å². The van der Waals surface area contributed by atoms with Crippen LogP contribution < -0.4 is 14.2 Å². The molecule has 36 heavy (non-hydrogen) atoms. The predicted octanol–water partition coefficient (Wildman–Crippen LogP) is 3.55. The van der Waals surface area contributed by atoms with E-state index in [1.54, 1.807) is 45.0 Å². The maximum Gasteiger partial charge on any atom is 0.324 e. The zero-order chi connectivity index (χ0) is 26.0. The van der Waals surface area contributed by atoms with Crippen LogP contribution in [0, 0.1) is 19.8 Å². The van der Waals surface area contributed by atoms with Crippen molar-refractivity contribution in [1.82, 2.24) is 9.29 Å². The monoisotopic (exact) mass is 512 g/mol. The van der Waals surface area contributed by atoms with E-state index in [2.05, 4.69) is 4.72 Å². The smallest absolute Gasteiger partial charge is 0.324 e. The van der Waals surface area contributed by atoms with Crippen molar-refractivity contribution >= 4 is 21.8 Å². The summed E-state index contributed by atoms with van der Waals surface area (Å²) in [6.07, 6.45) is 0. The Labute approximate surface area is 210 Å². The van der Waals surface area contributed by atoms with Crippen molar-refractivity contribution in [3.8, 4) is 17.2 Å². The van der Waals surface area contributed by atoms with Crippen molar-refractivity contribution in [2.75, 3.05) is 13.4 Å². The van der Waals surface area contributed by atoms with Gasteiger partial charge < -0.3 is 18.8 Å². The summed E-state index contributed by atoms with van der Waals surface area (Å²) in [7, 11) is -3.94. The number of esters is 1. The van der Waals surface area contributed by atoms with Gasteiger partial charge in [0.1, 0.15) is 6.04 Å². The molecule has 4 rings (SSSR count). The number of sulfonamides is 1. The largest absolute Gasteiger partial charge is 0.456 e. The standard InChI is InChI=1S/C26H28N2O7S/c1-16(2)25(27-36(31,32)20-8-6-5-7-9-20)26(30)33-14-22(29)21-12-17(3)28(18(21)4)19-10-11-23-24(13-19)35-15-34-23/h5-13,16,25,27H,14-15H2,1-4H3/t25-/m1/s1. The number of aromatic nitrogens is 1. The fourth-order valence-corrected chi connectivity index (χ4v) is 5.42. The Balaban J connectivity index is 1.47. The molecule has 190 valence electrons. The third-order valence-electron chi connectivity index (χ3n) is 5.95. The number of hydrogen-bond donors (Lipinski definition) is 1. The van der Waals surface area contributed by atoms with Crippen LogP contribution in [-0.4, -0.2) is 44.2 Å². The van der Waals surface area contributed by atoms with Crippen LogP contribution in [0.2, 0.25) is 0 Å². The van der Waals surface area contributed by atoms with Crippen LogP contribution in [0.3, 0.4) is 0 Å². The molecule has 0 fully saturated rings. The number of nitrogens with one attached hydrogen (secondary N) is 1. The highest BCUT2D eigenvalue weighted by Crippen LogP contribution is 2.35. The van der Waals surface area contributed by atoms with Gasteiger partial charge in [-0.05, 0) is 50.1 Å². The SMILES string of the molecule is Cc1cc(C(=O)COC(=O)[C@H](NS(=O)(=O)c2ccccc2)C(C)C)c(C)n1-c1ccc2c(c1)OCO2. The first-order valence-corrected chi connectivity index (χ1v) is 12.9. The van der Waals surface area contributed by atoms with Crippen LogP contribution in [0.1, 0.15) is 35.6 Å². The summed E-state index contributed by atoms with van der Waals surface area (Å²) in [4.78, 5) is 25.8. The summed E-state index contributed by atoms with van der Waals surface area (Å²) >= 11 is 0. The molecular formula is C26H28N2O7S. The van der Waals surface area contributed by atoms with Gasteiger partial charge in [0.25, 0.3) is 0 Å². The van der Waals surface area contributed by atoms with E-state index in [1.165, 1.54) is 12.1 Å². The van der Waals surface area contributed by atoms with Crippen molar-refractivity contribution in [3.05, 3.63) is 71.5 Å². The molecule has 0 saturated heterocycles. The van der Waals surface area contributed by atoms with E-state index in [0.717, 1.165) is 11.4 Å². The van der Waals surface area contributed by atoms with E-state index >= 15 is 0 Å². The van der Waals surface area contributed by atoms with Gasteiger partial charge in [0.15, 0.2) is 18.1 Å². The molecular weight excluding hydrogens is 484 g/mol. The number of ketones is 1. The molecule has 0 amide bonds. The Kier molecular flexibility index (Phi) is 7.18. The molecule has 1 atom stereocenters. The molecule has 1 N–H and O–H groups in total.